The first-order valence-corrected chi connectivity index (χ1v) is 7.57. The van der Waals surface area contributed by atoms with Gasteiger partial charge in [-0.1, -0.05) is 6.08 Å². The van der Waals surface area contributed by atoms with E-state index in [0.29, 0.717) is 12.1 Å². The van der Waals surface area contributed by atoms with Crippen LogP contribution in [-0.4, -0.2) is 29.0 Å². The van der Waals surface area contributed by atoms with E-state index in [4.69, 9.17) is 0 Å². The monoisotopic (exact) mass is 302 g/mol. The van der Waals surface area contributed by atoms with E-state index in [1.807, 2.05) is 12.3 Å². The number of carbonyl (C=O) groups excluding carboxylic acids is 1. The molecule has 0 aliphatic rings. The van der Waals surface area contributed by atoms with Gasteiger partial charge in [-0.15, -0.1) is 17.9 Å². The van der Waals surface area contributed by atoms with Crippen molar-refractivity contribution in [3.05, 3.63) is 52.6 Å². The molecule has 0 fully saturated rings. The Balaban J connectivity index is 1.82. The van der Waals surface area contributed by atoms with E-state index >= 15 is 0 Å². The first kappa shape index (κ1) is 15.2. The smallest absolute Gasteiger partial charge is 0.253 e. The molecule has 2 heterocycles. The summed E-state index contributed by atoms with van der Waals surface area (Å²) in [6.07, 6.45) is 4.07. The fourth-order valence-corrected chi connectivity index (χ4v) is 2.49. The van der Waals surface area contributed by atoms with Crippen LogP contribution in [0.5, 0.6) is 0 Å². The summed E-state index contributed by atoms with van der Waals surface area (Å²) in [5.74, 6) is 0.607. The molecule has 0 aliphatic carbocycles. The van der Waals surface area contributed by atoms with Crippen molar-refractivity contribution in [1.29, 1.82) is 0 Å². The number of carbonyl (C=O) groups is 1. The van der Waals surface area contributed by atoms with Crippen LogP contribution in [0.3, 0.4) is 0 Å². The average molecular weight is 302 g/mol. The number of rotatable bonds is 7. The number of hydrogen-bond donors (Lipinski definition) is 2. The molecule has 0 spiro atoms. The minimum atomic E-state index is -0.146. The number of nitrogens with one attached hydrogen (secondary N) is 2. The Morgan fingerprint density at radius 1 is 1.48 bits per heavy atom. The summed E-state index contributed by atoms with van der Waals surface area (Å²) < 4.78 is 0. The zero-order chi connectivity index (χ0) is 15.1. The SMILES string of the molecule is C=CCNC(=O)c1ccc(NCCc2nc(C)cs2)nc1. The van der Waals surface area contributed by atoms with Gasteiger partial charge in [0.15, 0.2) is 0 Å². The summed E-state index contributed by atoms with van der Waals surface area (Å²) >= 11 is 1.67. The number of aryl methyl sites for hydroxylation is 1. The fraction of sp³-hybridized carbons (Fsp3) is 0.267. The van der Waals surface area contributed by atoms with Crippen LogP contribution in [0, 0.1) is 6.92 Å². The Labute approximate surface area is 128 Å². The van der Waals surface area contributed by atoms with Crippen molar-refractivity contribution in [3.8, 4) is 0 Å². The summed E-state index contributed by atoms with van der Waals surface area (Å²) in [5, 5.41) is 9.09. The second-order valence-corrected chi connectivity index (χ2v) is 5.43. The van der Waals surface area contributed by atoms with Gasteiger partial charge in [0.05, 0.1) is 10.6 Å². The zero-order valence-corrected chi connectivity index (χ0v) is 12.7. The van der Waals surface area contributed by atoms with Gasteiger partial charge in [-0.05, 0) is 19.1 Å². The van der Waals surface area contributed by atoms with Gasteiger partial charge in [0.1, 0.15) is 5.82 Å². The van der Waals surface area contributed by atoms with Crippen molar-refractivity contribution >= 4 is 23.1 Å². The Bertz CT molecular complexity index is 606. The summed E-state index contributed by atoms with van der Waals surface area (Å²) in [4.78, 5) is 20.3. The van der Waals surface area contributed by atoms with Crippen molar-refractivity contribution < 1.29 is 4.79 Å². The van der Waals surface area contributed by atoms with Crippen LogP contribution < -0.4 is 10.6 Å². The van der Waals surface area contributed by atoms with Gasteiger partial charge in [0, 0.05) is 36.8 Å². The Morgan fingerprint density at radius 3 is 2.95 bits per heavy atom. The maximum atomic E-state index is 11.7. The second-order valence-electron chi connectivity index (χ2n) is 4.49. The maximum absolute atomic E-state index is 11.7. The molecular formula is C15H18N4OS. The fourth-order valence-electron chi connectivity index (χ4n) is 1.71. The zero-order valence-electron chi connectivity index (χ0n) is 11.9. The average Bonchev–Trinajstić information content (AvgIpc) is 2.91. The molecule has 2 aromatic heterocycles. The van der Waals surface area contributed by atoms with Gasteiger partial charge in [-0.3, -0.25) is 4.79 Å². The lowest BCUT2D eigenvalue weighted by molar-refractivity contribution is 0.0957. The molecule has 6 heteroatoms. The number of pyridine rings is 1. The van der Waals surface area contributed by atoms with E-state index in [1.165, 1.54) is 0 Å². The van der Waals surface area contributed by atoms with E-state index in [2.05, 4.69) is 27.2 Å². The van der Waals surface area contributed by atoms with Crippen LogP contribution in [0.4, 0.5) is 5.82 Å². The highest BCUT2D eigenvalue weighted by molar-refractivity contribution is 7.09. The molecule has 0 atom stereocenters. The molecule has 1 amide bonds. The largest absolute Gasteiger partial charge is 0.370 e. The third kappa shape index (κ3) is 4.68. The van der Waals surface area contributed by atoms with Gasteiger partial charge in [0.2, 0.25) is 0 Å². The molecule has 0 radical (unpaired) electrons. The lowest BCUT2D eigenvalue weighted by Crippen LogP contribution is -2.23. The number of nitrogens with zero attached hydrogens (tertiary/aromatic N) is 2. The lowest BCUT2D eigenvalue weighted by Gasteiger charge is -2.06. The quantitative estimate of drug-likeness (QED) is 0.771. The number of anilines is 1. The Morgan fingerprint density at radius 2 is 2.33 bits per heavy atom. The first-order valence-electron chi connectivity index (χ1n) is 6.69. The van der Waals surface area contributed by atoms with Gasteiger partial charge in [-0.2, -0.15) is 0 Å². The molecule has 110 valence electrons. The lowest BCUT2D eigenvalue weighted by atomic mass is 10.2. The van der Waals surface area contributed by atoms with Gasteiger partial charge in [0.25, 0.3) is 5.91 Å². The number of aromatic nitrogens is 2. The number of thiazole rings is 1. The van der Waals surface area contributed by atoms with Crippen LogP contribution in [0.15, 0.2) is 36.4 Å². The highest BCUT2D eigenvalue weighted by Gasteiger charge is 2.04. The predicted octanol–water partition coefficient (Wildman–Crippen LogP) is 2.42. The summed E-state index contributed by atoms with van der Waals surface area (Å²) in [6.45, 7) is 6.76. The summed E-state index contributed by atoms with van der Waals surface area (Å²) in [7, 11) is 0. The highest BCUT2D eigenvalue weighted by Crippen LogP contribution is 2.10. The topological polar surface area (TPSA) is 66.9 Å². The van der Waals surface area contributed by atoms with Crippen LogP contribution in [0.2, 0.25) is 0 Å². The van der Waals surface area contributed by atoms with E-state index in [0.717, 1.165) is 29.5 Å². The maximum Gasteiger partial charge on any atom is 0.253 e. The minimum absolute atomic E-state index is 0.146. The van der Waals surface area contributed by atoms with E-state index in [9.17, 15) is 4.79 Å². The summed E-state index contributed by atoms with van der Waals surface area (Å²) in [5.41, 5.74) is 1.60. The van der Waals surface area contributed by atoms with E-state index in [1.54, 1.807) is 35.7 Å². The molecule has 21 heavy (non-hydrogen) atoms. The normalized spacial score (nSPS) is 10.1. The number of hydrogen-bond acceptors (Lipinski definition) is 5. The molecule has 0 unspecified atom stereocenters. The molecule has 0 bridgehead atoms. The van der Waals surface area contributed by atoms with Gasteiger partial charge >= 0.3 is 0 Å². The van der Waals surface area contributed by atoms with Crippen molar-refractivity contribution in [1.82, 2.24) is 15.3 Å². The molecule has 0 aromatic carbocycles. The van der Waals surface area contributed by atoms with Crippen LogP contribution in [0.25, 0.3) is 0 Å². The van der Waals surface area contributed by atoms with Crippen molar-refractivity contribution in [2.24, 2.45) is 0 Å². The van der Waals surface area contributed by atoms with E-state index in [-0.39, 0.29) is 5.91 Å². The number of amides is 1. The molecular weight excluding hydrogens is 284 g/mol. The molecule has 0 aliphatic heterocycles. The Kier molecular flexibility index (Phi) is 5.45. The minimum Gasteiger partial charge on any atom is -0.370 e. The van der Waals surface area contributed by atoms with Crippen LogP contribution >= 0.6 is 11.3 Å². The molecule has 0 saturated heterocycles. The molecule has 2 N–H and O–H groups in total. The van der Waals surface area contributed by atoms with E-state index < -0.39 is 0 Å². The molecule has 2 rings (SSSR count). The van der Waals surface area contributed by atoms with Gasteiger partial charge < -0.3 is 10.6 Å². The standard InChI is InChI=1S/C15H18N4OS/c1-3-7-17-15(20)12-4-5-13(18-9-12)16-8-6-14-19-11(2)10-21-14/h3-5,9-10H,1,6-8H2,2H3,(H,16,18)(H,17,20). The second kappa shape index (κ2) is 7.54. The highest BCUT2D eigenvalue weighted by atomic mass is 32.1. The van der Waals surface area contributed by atoms with Crippen LogP contribution in [-0.2, 0) is 6.42 Å². The van der Waals surface area contributed by atoms with Crippen molar-refractivity contribution in [3.63, 3.8) is 0 Å². The van der Waals surface area contributed by atoms with Crippen molar-refractivity contribution in [2.75, 3.05) is 18.4 Å². The third-order valence-electron chi connectivity index (χ3n) is 2.74. The van der Waals surface area contributed by atoms with Gasteiger partial charge in [-0.25, -0.2) is 9.97 Å². The molecule has 2 aromatic rings. The molecule has 5 nitrogen and oxygen atoms in total. The first-order chi connectivity index (χ1) is 10.2. The Hall–Kier alpha value is -2.21. The predicted molar refractivity (Wildman–Crippen MR) is 85.8 cm³/mol. The summed E-state index contributed by atoms with van der Waals surface area (Å²) in [6, 6.07) is 3.55. The van der Waals surface area contributed by atoms with Crippen LogP contribution in [0.1, 0.15) is 21.1 Å². The molecule has 0 saturated carbocycles. The third-order valence-corrected chi connectivity index (χ3v) is 3.77. The van der Waals surface area contributed by atoms with Crippen molar-refractivity contribution in [2.45, 2.75) is 13.3 Å².